The minimum absolute atomic E-state index is 0.0918. The summed E-state index contributed by atoms with van der Waals surface area (Å²) >= 11 is 3.00. The number of hydrogen-bond donors (Lipinski definition) is 0. The van der Waals surface area contributed by atoms with Crippen LogP contribution in [-0.4, -0.2) is 15.9 Å². The molecule has 4 aromatic rings. The fraction of sp³-hybridized carbons (Fsp3) is 0.0556. The molecule has 0 aliphatic heterocycles. The van der Waals surface area contributed by atoms with E-state index in [1.807, 2.05) is 60.8 Å². The van der Waals surface area contributed by atoms with E-state index in [4.69, 9.17) is 0 Å². The minimum atomic E-state index is -0.0918. The molecule has 0 aliphatic carbocycles. The van der Waals surface area contributed by atoms with E-state index >= 15 is 0 Å². The van der Waals surface area contributed by atoms with Crippen molar-refractivity contribution >= 4 is 49.6 Å². The molecular weight excluding hydrogens is 338 g/mol. The second kappa shape index (κ2) is 6.14. The molecule has 118 valence electrons. The standard InChI is InChI=1S/C18H13N3OS2/c1-12-10-23-18(20-12)21(14-5-3-2-4-6-14)17(22)13-7-8-15-16(9-13)24-11-19-15/h2-11H,1H3. The van der Waals surface area contributed by atoms with Gasteiger partial charge in [-0.2, -0.15) is 0 Å². The minimum Gasteiger partial charge on any atom is -0.268 e. The van der Waals surface area contributed by atoms with E-state index in [0.29, 0.717) is 10.7 Å². The van der Waals surface area contributed by atoms with Crippen LogP contribution in [0, 0.1) is 6.92 Å². The van der Waals surface area contributed by atoms with Gasteiger partial charge in [0.15, 0.2) is 5.13 Å². The summed E-state index contributed by atoms with van der Waals surface area (Å²) in [7, 11) is 0. The van der Waals surface area contributed by atoms with Gasteiger partial charge in [-0.3, -0.25) is 9.69 Å². The molecule has 4 rings (SSSR count). The maximum Gasteiger partial charge on any atom is 0.264 e. The number of amides is 1. The van der Waals surface area contributed by atoms with Gasteiger partial charge in [-0.15, -0.1) is 22.7 Å². The number of thiazole rings is 2. The highest BCUT2D eigenvalue weighted by atomic mass is 32.1. The molecule has 6 heteroatoms. The van der Waals surface area contributed by atoms with Gasteiger partial charge in [-0.1, -0.05) is 18.2 Å². The maximum absolute atomic E-state index is 13.2. The number of anilines is 2. The molecule has 0 bridgehead atoms. The Balaban J connectivity index is 1.81. The number of fused-ring (bicyclic) bond motifs is 1. The Morgan fingerprint density at radius 2 is 1.92 bits per heavy atom. The van der Waals surface area contributed by atoms with Crippen LogP contribution in [0.25, 0.3) is 10.2 Å². The molecule has 2 aromatic carbocycles. The average Bonchev–Trinajstić information content (AvgIpc) is 3.24. The third-order valence-corrected chi connectivity index (χ3v) is 5.33. The molecule has 24 heavy (non-hydrogen) atoms. The fourth-order valence-electron chi connectivity index (χ4n) is 2.45. The monoisotopic (exact) mass is 351 g/mol. The van der Waals surface area contributed by atoms with Crippen molar-refractivity contribution in [1.29, 1.82) is 0 Å². The number of para-hydroxylation sites is 1. The Morgan fingerprint density at radius 1 is 1.08 bits per heavy atom. The average molecular weight is 351 g/mol. The van der Waals surface area contributed by atoms with E-state index in [9.17, 15) is 4.79 Å². The molecule has 0 saturated carbocycles. The highest BCUT2D eigenvalue weighted by Gasteiger charge is 2.22. The van der Waals surface area contributed by atoms with Gasteiger partial charge in [0.2, 0.25) is 0 Å². The molecule has 0 aliphatic rings. The molecule has 2 heterocycles. The van der Waals surface area contributed by atoms with Gasteiger partial charge >= 0.3 is 0 Å². The van der Waals surface area contributed by atoms with Crippen LogP contribution in [0.15, 0.2) is 59.4 Å². The summed E-state index contributed by atoms with van der Waals surface area (Å²) in [6, 6.07) is 15.2. The van der Waals surface area contributed by atoms with Crippen molar-refractivity contribution in [2.24, 2.45) is 0 Å². The van der Waals surface area contributed by atoms with E-state index in [-0.39, 0.29) is 5.91 Å². The SMILES string of the molecule is Cc1csc(N(C(=O)c2ccc3ncsc3c2)c2ccccc2)n1. The lowest BCUT2D eigenvalue weighted by Gasteiger charge is -2.20. The van der Waals surface area contributed by atoms with Crippen LogP contribution < -0.4 is 4.90 Å². The van der Waals surface area contributed by atoms with Crippen molar-refractivity contribution in [3.63, 3.8) is 0 Å². The predicted octanol–water partition coefficient (Wildman–Crippen LogP) is 5.04. The van der Waals surface area contributed by atoms with Gasteiger partial charge in [0, 0.05) is 10.9 Å². The summed E-state index contributed by atoms with van der Waals surface area (Å²) in [4.78, 5) is 23.6. The number of rotatable bonds is 3. The molecule has 0 fully saturated rings. The number of aryl methyl sites for hydroxylation is 1. The first kappa shape index (κ1) is 15.0. The molecule has 0 unspecified atom stereocenters. The van der Waals surface area contributed by atoms with Crippen molar-refractivity contribution < 1.29 is 4.79 Å². The molecular formula is C18H13N3OS2. The van der Waals surface area contributed by atoms with Crippen LogP contribution in [0.1, 0.15) is 16.1 Å². The second-order valence-electron chi connectivity index (χ2n) is 5.28. The first-order valence-corrected chi connectivity index (χ1v) is 9.13. The number of aromatic nitrogens is 2. The zero-order chi connectivity index (χ0) is 16.5. The summed E-state index contributed by atoms with van der Waals surface area (Å²) in [6.45, 7) is 1.93. The van der Waals surface area contributed by atoms with Crippen LogP contribution in [0.4, 0.5) is 10.8 Å². The molecule has 0 spiro atoms. The number of benzene rings is 2. The van der Waals surface area contributed by atoms with Crippen LogP contribution in [0.3, 0.4) is 0 Å². The van der Waals surface area contributed by atoms with Crippen molar-refractivity contribution in [2.75, 3.05) is 4.90 Å². The van der Waals surface area contributed by atoms with E-state index in [0.717, 1.165) is 21.6 Å². The smallest absolute Gasteiger partial charge is 0.264 e. The molecule has 0 atom stereocenters. The summed E-state index contributed by atoms with van der Waals surface area (Å²) in [5.74, 6) is -0.0918. The first-order valence-electron chi connectivity index (χ1n) is 7.37. The maximum atomic E-state index is 13.2. The lowest BCUT2D eigenvalue weighted by atomic mass is 10.1. The van der Waals surface area contributed by atoms with Crippen LogP contribution >= 0.6 is 22.7 Å². The normalized spacial score (nSPS) is 10.9. The summed E-state index contributed by atoms with van der Waals surface area (Å²) in [5.41, 5.74) is 5.04. The number of carbonyl (C=O) groups is 1. The Hall–Kier alpha value is -2.57. The highest BCUT2D eigenvalue weighted by molar-refractivity contribution is 7.16. The van der Waals surface area contributed by atoms with Crippen molar-refractivity contribution in [2.45, 2.75) is 6.92 Å². The van der Waals surface area contributed by atoms with Crippen LogP contribution in [0.5, 0.6) is 0 Å². The zero-order valence-corrected chi connectivity index (χ0v) is 14.5. The van der Waals surface area contributed by atoms with Gasteiger partial charge < -0.3 is 0 Å². The second-order valence-corrected chi connectivity index (χ2v) is 7.01. The summed E-state index contributed by atoms with van der Waals surface area (Å²) in [6.07, 6.45) is 0. The largest absolute Gasteiger partial charge is 0.268 e. The summed E-state index contributed by atoms with van der Waals surface area (Å²) < 4.78 is 1.00. The van der Waals surface area contributed by atoms with Crippen LogP contribution in [0.2, 0.25) is 0 Å². The first-order chi connectivity index (χ1) is 11.7. The Labute approximate surface area is 147 Å². The van der Waals surface area contributed by atoms with Gasteiger partial charge in [0.05, 0.1) is 27.1 Å². The Morgan fingerprint density at radius 3 is 2.67 bits per heavy atom. The van der Waals surface area contributed by atoms with E-state index in [2.05, 4.69) is 9.97 Å². The zero-order valence-electron chi connectivity index (χ0n) is 12.8. The van der Waals surface area contributed by atoms with E-state index in [1.54, 1.807) is 10.4 Å². The highest BCUT2D eigenvalue weighted by Crippen LogP contribution is 2.31. The van der Waals surface area contributed by atoms with Gasteiger partial charge in [-0.25, -0.2) is 9.97 Å². The lowest BCUT2D eigenvalue weighted by Crippen LogP contribution is -2.25. The molecule has 4 nitrogen and oxygen atoms in total. The number of hydrogen-bond acceptors (Lipinski definition) is 5. The van der Waals surface area contributed by atoms with Gasteiger partial charge in [0.25, 0.3) is 5.91 Å². The lowest BCUT2D eigenvalue weighted by molar-refractivity contribution is 0.0999. The third kappa shape index (κ3) is 2.70. The van der Waals surface area contributed by atoms with Crippen LogP contribution in [-0.2, 0) is 0 Å². The predicted molar refractivity (Wildman–Crippen MR) is 99.4 cm³/mol. The molecule has 0 saturated heterocycles. The summed E-state index contributed by atoms with van der Waals surface area (Å²) in [5, 5.41) is 2.62. The third-order valence-electron chi connectivity index (χ3n) is 3.59. The van der Waals surface area contributed by atoms with Gasteiger partial charge in [0.1, 0.15) is 0 Å². The quantitative estimate of drug-likeness (QED) is 0.519. The van der Waals surface area contributed by atoms with Crippen molar-refractivity contribution in [3.8, 4) is 0 Å². The van der Waals surface area contributed by atoms with Crippen molar-refractivity contribution in [1.82, 2.24) is 9.97 Å². The van der Waals surface area contributed by atoms with E-state index < -0.39 is 0 Å². The number of carbonyl (C=O) groups excluding carboxylic acids is 1. The van der Waals surface area contributed by atoms with Gasteiger partial charge in [-0.05, 0) is 37.3 Å². The Bertz CT molecular complexity index is 1010. The fourth-order valence-corrected chi connectivity index (χ4v) is 3.99. The Kier molecular flexibility index (Phi) is 3.84. The molecule has 2 aromatic heterocycles. The van der Waals surface area contributed by atoms with E-state index in [1.165, 1.54) is 22.7 Å². The molecule has 0 N–H and O–H groups in total. The molecule has 1 amide bonds. The topological polar surface area (TPSA) is 46.1 Å². The number of nitrogens with zero attached hydrogens (tertiary/aromatic N) is 3. The van der Waals surface area contributed by atoms with Crippen molar-refractivity contribution in [3.05, 3.63) is 70.7 Å². The molecule has 0 radical (unpaired) electrons.